The van der Waals surface area contributed by atoms with E-state index in [9.17, 15) is 9.90 Å². The molecule has 0 saturated heterocycles. The van der Waals surface area contributed by atoms with E-state index in [0.29, 0.717) is 23.2 Å². The molecule has 1 aliphatic carbocycles. The molecule has 0 aromatic heterocycles. The van der Waals surface area contributed by atoms with Crippen molar-refractivity contribution in [2.45, 2.75) is 38.6 Å². The van der Waals surface area contributed by atoms with Gasteiger partial charge < -0.3 is 15.7 Å². The van der Waals surface area contributed by atoms with Gasteiger partial charge in [0.15, 0.2) is 0 Å². The summed E-state index contributed by atoms with van der Waals surface area (Å²) in [5, 5.41) is 9.59. The molecule has 2 unspecified atom stereocenters. The second-order valence-electron chi connectivity index (χ2n) is 5.62. The molecule has 2 rings (SSSR count). The second-order valence-corrected chi connectivity index (χ2v) is 5.62. The van der Waals surface area contributed by atoms with Gasteiger partial charge in [-0.15, -0.1) is 0 Å². The molecule has 1 saturated carbocycles. The van der Waals surface area contributed by atoms with Gasteiger partial charge in [-0.05, 0) is 37.0 Å². The van der Waals surface area contributed by atoms with Crippen LogP contribution in [0, 0.1) is 5.92 Å². The highest BCUT2D eigenvalue weighted by atomic mass is 16.3. The Morgan fingerprint density at radius 1 is 1.42 bits per heavy atom. The Labute approximate surface area is 114 Å². The Morgan fingerprint density at radius 2 is 2.16 bits per heavy atom. The van der Waals surface area contributed by atoms with E-state index in [1.54, 1.807) is 17.0 Å². The van der Waals surface area contributed by atoms with E-state index in [4.69, 9.17) is 5.73 Å². The monoisotopic (exact) mass is 262 g/mol. The molecule has 4 heteroatoms. The van der Waals surface area contributed by atoms with Crippen molar-refractivity contribution in [2.75, 3.05) is 12.8 Å². The fourth-order valence-corrected chi connectivity index (χ4v) is 2.80. The molecule has 0 bridgehead atoms. The van der Waals surface area contributed by atoms with Crippen LogP contribution in [0.25, 0.3) is 0 Å². The molecule has 4 nitrogen and oxygen atoms in total. The number of hydrogen-bond acceptors (Lipinski definition) is 3. The van der Waals surface area contributed by atoms with Crippen molar-refractivity contribution in [3.05, 3.63) is 23.8 Å². The average molecular weight is 262 g/mol. The standard InChI is InChI=1S/C15H22N2O2/c1-10-4-3-5-12(8-10)17(2)15(19)11-6-7-13(16)14(18)9-11/h6-7,9-10,12,18H,3-5,8,16H2,1-2H3. The lowest BCUT2D eigenvalue weighted by molar-refractivity contribution is 0.0672. The maximum absolute atomic E-state index is 12.4. The third kappa shape index (κ3) is 3.00. The number of carbonyl (C=O) groups is 1. The third-order valence-corrected chi connectivity index (χ3v) is 4.05. The molecule has 1 aliphatic rings. The summed E-state index contributed by atoms with van der Waals surface area (Å²) in [6.07, 6.45) is 4.55. The van der Waals surface area contributed by atoms with Crippen molar-refractivity contribution in [3.8, 4) is 5.75 Å². The van der Waals surface area contributed by atoms with Gasteiger partial charge in [-0.1, -0.05) is 19.8 Å². The Bertz CT molecular complexity index is 473. The number of nitrogens with two attached hydrogens (primary N) is 1. The van der Waals surface area contributed by atoms with Gasteiger partial charge in [0.1, 0.15) is 5.75 Å². The van der Waals surface area contributed by atoms with Crippen LogP contribution in [-0.2, 0) is 0 Å². The minimum Gasteiger partial charge on any atom is -0.506 e. The van der Waals surface area contributed by atoms with E-state index in [2.05, 4.69) is 6.92 Å². The predicted octanol–water partition coefficient (Wildman–Crippen LogP) is 2.63. The SMILES string of the molecule is CC1CCCC(N(C)C(=O)c2ccc(N)c(O)c2)C1. The van der Waals surface area contributed by atoms with E-state index >= 15 is 0 Å². The molecule has 3 N–H and O–H groups in total. The number of carbonyl (C=O) groups excluding carboxylic acids is 1. The largest absolute Gasteiger partial charge is 0.506 e. The molecular formula is C15H22N2O2. The van der Waals surface area contributed by atoms with Gasteiger partial charge in [0.2, 0.25) is 0 Å². The molecule has 2 atom stereocenters. The first-order valence-corrected chi connectivity index (χ1v) is 6.84. The molecule has 1 aromatic rings. The smallest absolute Gasteiger partial charge is 0.253 e. The summed E-state index contributed by atoms with van der Waals surface area (Å²) >= 11 is 0. The zero-order chi connectivity index (χ0) is 14.0. The molecule has 104 valence electrons. The van der Waals surface area contributed by atoms with E-state index in [1.165, 1.54) is 18.9 Å². The highest BCUT2D eigenvalue weighted by Crippen LogP contribution is 2.28. The number of rotatable bonds is 2. The Morgan fingerprint density at radius 3 is 2.79 bits per heavy atom. The van der Waals surface area contributed by atoms with Gasteiger partial charge in [0, 0.05) is 18.7 Å². The Hall–Kier alpha value is -1.71. The normalized spacial score (nSPS) is 23.1. The van der Waals surface area contributed by atoms with Crippen molar-refractivity contribution < 1.29 is 9.90 Å². The van der Waals surface area contributed by atoms with Crippen molar-refractivity contribution in [1.29, 1.82) is 0 Å². The first-order chi connectivity index (χ1) is 8.99. The maximum Gasteiger partial charge on any atom is 0.253 e. The summed E-state index contributed by atoms with van der Waals surface area (Å²) in [7, 11) is 1.85. The topological polar surface area (TPSA) is 66.6 Å². The molecule has 0 spiro atoms. The number of hydrogen-bond donors (Lipinski definition) is 2. The quantitative estimate of drug-likeness (QED) is 0.636. The third-order valence-electron chi connectivity index (χ3n) is 4.05. The van der Waals surface area contributed by atoms with Gasteiger partial charge in [0.25, 0.3) is 5.91 Å². The summed E-state index contributed by atoms with van der Waals surface area (Å²) < 4.78 is 0. The fraction of sp³-hybridized carbons (Fsp3) is 0.533. The number of anilines is 1. The van der Waals surface area contributed by atoms with Crippen LogP contribution >= 0.6 is 0 Å². The molecule has 0 heterocycles. The first kappa shape index (κ1) is 13.7. The van der Waals surface area contributed by atoms with Gasteiger partial charge >= 0.3 is 0 Å². The highest BCUT2D eigenvalue weighted by molar-refractivity contribution is 5.95. The lowest BCUT2D eigenvalue weighted by Gasteiger charge is -2.34. The number of benzene rings is 1. The second kappa shape index (κ2) is 5.51. The van der Waals surface area contributed by atoms with Crippen LogP contribution in [0.5, 0.6) is 5.75 Å². The molecule has 19 heavy (non-hydrogen) atoms. The molecule has 0 aliphatic heterocycles. The van der Waals surface area contributed by atoms with Gasteiger partial charge in [0.05, 0.1) is 5.69 Å². The van der Waals surface area contributed by atoms with Gasteiger partial charge in [-0.3, -0.25) is 4.79 Å². The van der Waals surface area contributed by atoms with Crippen molar-refractivity contribution >= 4 is 11.6 Å². The van der Waals surface area contributed by atoms with Crippen LogP contribution in [0.3, 0.4) is 0 Å². The number of nitrogen functional groups attached to an aromatic ring is 1. The fourth-order valence-electron chi connectivity index (χ4n) is 2.80. The first-order valence-electron chi connectivity index (χ1n) is 6.84. The lowest BCUT2D eigenvalue weighted by atomic mass is 9.86. The summed E-state index contributed by atoms with van der Waals surface area (Å²) in [6.45, 7) is 2.24. The maximum atomic E-state index is 12.4. The average Bonchev–Trinajstić information content (AvgIpc) is 2.40. The van der Waals surface area contributed by atoms with Gasteiger partial charge in [-0.25, -0.2) is 0 Å². The summed E-state index contributed by atoms with van der Waals surface area (Å²) in [6, 6.07) is 4.98. The number of phenols is 1. The van der Waals surface area contributed by atoms with Crippen molar-refractivity contribution in [3.63, 3.8) is 0 Å². The molecule has 1 aromatic carbocycles. The number of amides is 1. The minimum absolute atomic E-state index is 0.0312. The summed E-state index contributed by atoms with van der Waals surface area (Å²) in [5.74, 6) is 0.597. The lowest BCUT2D eigenvalue weighted by Crippen LogP contribution is -2.39. The van der Waals surface area contributed by atoms with Crippen LogP contribution in [0.1, 0.15) is 43.0 Å². The van der Waals surface area contributed by atoms with Crippen LogP contribution in [0.2, 0.25) is 0 Å². The minimum atomic E-state index is -0.0469. The zero-order valence-electron chi connectivity index (χ0n) is 11.6. The number of phenolic OH excluding ortho intramolecular Hbond substituents is 1. The van der Waals surface area contributed by atoms with E-state index in [1.807, 2.05) is 7.05 Å². The number of nitrogens with zero attached hydrogens (tertiary/aromatic N) is 1. The Kier molecular flexibility index (Phi) is 3.98. The van der Waals surface area contributed by atoms with Crippen LogP contribution in [0.4, 0.5) is 5.69 Å². The van der Waals surface area contributed by atoms with Crippen LogP contribution in [-0.4, -0.2) is 29.0 Å². The van der Waals surface area contributed by atoms with Crippen LogP contribution < -0.4 is 5.73 Å². The van der Waals surface area contributed by atoms with E-state index in [-0.39, 0.29) is 11.7 Å². The summed E-state index contributed by atoms with van der Waals surface area (Å²) in [4.78, 5) is 14.2. The predicted molar refractivity (Wildman–Crippen MR) is 76.0 cm³/mol. The molecule has 0 radical (unpaired) electrons. The molecule has 1 fully saturated rings. The molecule has 1 amide bonds. The van der Waals surface area contributed by atoms with Gasteiger partial charge in [-0.2, -0.15) is 0 Å². The molecular weight excluding hydrogens is 240 g/mol. The Balaban J connectivity index is 2.11. The van der Waals surface area contributed by atoms with Crippen LogP contribution in [0.15, 0.2) is 18.2 Å². The van der Waals surface area contributed by atoms with E-state index in [0.717, 1.165) is 12.8 Å². The summed E-state index contributed by atoms with van der Waals surface area (Å²) in [5.41, 5.74) is 6.34. The van der Waals surface area contributed by atoms with Crippen molar-refractivity contribution in [1.82, 2.24) is 4.90 Å². The highest BCUT2D eigenvalue weighted by Gasteiger charge is 2.26. The van der Waals surface area contributed by atoms with E-state index < -0.39 is 0 Å². The van der Waals surface area contributed by atoms with Crippen molar-refractivity contribution in [2.24, 2.45) is 5.92 Å². The zero-order valence-corrected chi connectivity index (χ0v) is 11.6. The number of aromatic hydroxyl groups is 1.